The van der Waals surface area contributed by atoms with Crippen LogP contribution >= 0.6 is 0 Å². The van der Waals surface area contributed by atoms with Crippen molar-refractivity contribution in [3.8, 4) is 0 Å². The van der Waals surface area contributed by atoms with Crippen molar-refractivity contribution in [3.63, 3.8) is 0 Å². The Morgan fingerprint density at radius 2 is 2.18 bits per heavy atom. The lowest BCUT2D eigenvalue weighted by Crippen LogP contribution is -2.40. The molecule has 96 valence electrons. The molecule has 0 aliphatic carbocycles. The Morgan fingerprint density at radius 1 is 1.53 bits per heavy atom. The van der Waals surface area contributed by atoms with E-state index in [4.69, 9.17) is 5.73 Å². The van der Waals surface area contributed by atoms with Gasteiger partial charge in [-0.05, 0) is 19.8 Å². The Labute approximate surface area is 102 Å². The molecule has 1 heterocycles. The molecule has 0 saturated carbocycles. The number of rotatable bonds is 5. The second-order valence-electron chi connectivity index (χ2n) is 4.70. The molecular formula is C12H22N4O. The van der Waals surface area contributed by atoms with Gasteiger partial charge < -0.3 is 11.1 Å². The van der Waals surface area contributed by atoms with E-state index in [0.29, 0.717) is 5.69 Å². The molecule has 0 aliphatic rings. The zero-order valence-corrected chi connectivity index (χ0v) is 11.0. The van der Waals surface area contributed by atoms with Crippen LogP contribution in [0.4, 0.5) is 5.69 Å². The van der Waals surface area contributed by atoms with Crippen LogP contribution in [0.15, 0.2) is 12.4 Å². The van der Waals surface area contributed by atoms with E-state index in [1.807, 2.05) is 33.9 Å². The van der Waals surface area contributed by atoms with Gasteiger partial charge in [-0.25, -0.2) is 0 Å². The number of anilines is 1. The molecule has 5 nitrogen and oxygen atoms in total. The van der Waals surface area contributed by atoms with Crippen molar-refractivity contribution in [2.45, 2.75) is 46.2 Å². The second-order valence-corrected chi connectivity index (χ2v) is 4.70. The highest BCUT2D eigenvalue weighted by atomic mass is 16.2. The first kappa shape index (κ1) is 13.7. The van der Waals surface area contributed by atoms with Crippen LogP contribution in [0, 0.1) is 5.92 Å². The molecule has 1 amide bonds. The number of nitrogens with zero attached hydrogens (tertiary/aromatic N) is 2. The Hall–Kier alpha value is -1.36. The van der Waals surface area contributed by atoms with Gasteiger partial charge in [-0.2, -0.15) is 5.10 Å². The first-order valence-corrected chi connectivity index (χ1v) is 6.06. The molecule has 5 heteroatoms. The zero-order valence-electron chi connectivity index (χ0n) is 11.0. The molecular weight excluding hydrogens is 216 g/mol. The summed E-state index contributed by atoms with van der Waals surface area (Å²) < 4.78 is 1.80. The van der Waals surface area contributed by atoms with E-state index in [-0.39, 0.29) is 17.9 Å². The second kappa shape index (κ2) is 5.82. The fourth-order valence-corrected chi connectivity index (χ4v) is 1.42. The molecule has 2 atom stereocenters. The maximum atomic E-state index is 11.8. The maximum Gasteiger partial charge on any atom is 0.241 e. The molecule has 0 bridgehead atoms. The highest BCUT2D eigenvalue weighted by Crippen LogP contribution is 2.12. The van der Waals surface area contributed by atoms with E-state index in [2.05, 4.69) is 10.4 Å². The minimum atomic E-state index is -0.470. The quantitative estimate of drug-likeness (QED) is 0.821. The van der Waals surface area contributed by atoms with Gasteiger partial charge in [-0.3, -0.25) is 9.48 Å². The smallest absolute Gasteiger partial charge is 0.241 e. The standard InChI is InChI=1S/C12H22N4O/c1-5-9(4)11(13)12(17)15-10-6-14-16(7-10)8(2)3/h6-9,11H,5,13H2,1-4H3,(H,15,17). The fourth-order valence-electron chi connectivity index (χ4n) is 1.42. The molecule has 17 heavy (non-hydrogen) atoms. The molecule has 2 unspecified atom stereocenters. The maximum absolute atomic E-state index is 11.8. The molecule has 1 aromatic rings. The summed E-state index contributed by atoms with van der Waals surface area (Å²) in [5.74, 6) is 0.0257. The molecule has 0 saturated heterocycles. The van der Waals surface area contributed by atoms with Crippen LogP contribution in [0.2, 0.25) is 0 Å². The van der Waals surface area contributed by atoms with Crippen LogP contribution in [0.1, 0.15) is 40.2 Å². The van der Waals surface area contributed by atoms with E-state index in [1.54, 1.807) is 10.9 Å². The fraction of sp³-hybridized carbons (Fsp3) is 0.667. The summed E-state index contributed by atoms with van der Waals surface area (Å²) >= 11 is 0. The number of nitrogens with two attached hydrogens (primary N) is 1. The van der Waals surface area contributed by atoms with Gasteiger partial charge >= 0.3 is 0 Å². The predicted octanol–water partition coefficient (Wildman–Crippen LogP) is 1.78. The third-order valence-corrected chi connectivity index (χ3v) is 2.96. The average molecular weight is 238 g/mol. The van der Waals surface area contributed by atoms with E-state index in [0.717, 1.165) is 6.42 Å². The first-order chi connectivity index (χ1) is 7.95. The Bertz CT molecular complexity index is 372. The van der Waals surface area contributed by atoms with Gasteiger partial charge in [0.05, 0.1) is 17.9 Å². The van der Waals surface area contributed by atoms with Gasteiger partial charge in [0.25, 0.3) is 0 Å². The van der Waals surface area contributed by atoms with Gasteiger partial charge in [0.1, 0.15) is 0 Å². The summed E-state index contributed by atoms with van der Waals surface area (Å²) in [7, 11) is 0. The van der Waals surface area contributed by atoms with Crippen molar-refractivity contribution in [1.82, 2.24) is 9.78 Å². The molecule has 0 aromatic carbocycles. The number of nitrogens with one attached hydrogen (secondary N) is 1. The highest BCUT2D eigenvalue weighted by molar-refractivity contribution is 5.94. The first-order valence-electron chi connectivity index (χ1n) is 6.06. The molecule has 0 fully saturated rings. The van der Waals surface area contributed by atoms with Crippen molar-refractivity contribution < 1.29 is 4.79 Å². The summed E-state index contributed by atoms with van der Waals surface area (Å²) in [6, 6.07) is -0.189. The summed E-state index contributed by atoms with van der Waals surface area (Å²) in [6.07, 6.45) is 4.34. The SMILES string of the molecule is CCC(C)C(N)C(=O)Nc1cnn(C(C)C)c1. The lowest BCUT2D eigenvalue weighted by atomic mass is 9.99. The van der Waals surface area contributed by atoms with E-state index in [9.17, 15) is 4.79 Å². The number of hydrogen-bond donors (Lipinski definition) is 2. The van der Waals surface area contributed by atoms with Crippen LogP contribution in [-0.4, -0.2) is 21.7 Å². The number of amides is 1. The van der Waals surface area contributed by atoms with Gasteiger partial charge in [0.2, 0.25) is 5.91 Å². The van der Waals surface area contributed by atoms with Crippen molar-refractivity contribution in [2.24, 2.45) is 11.7 Å². The minimum Gasteiger partial charge on any atom is -0.322 e. The van der Waals surface area contributed by atoms with Gasteiger partial charge in [-0.15, -0.1) is 0 Å². The van der Waals surface area contributed by atoms with Gasteiger partial charge in [0.15, 0.2) is 0 Å². The van der Waals surface area contributed by atoms with E-state index in [1.165, 1.54) is 0 Å². The average Bonchev–Trinajstić information content (AvgIpc) is 2.75. The Balaban J connectivity index is 2.61. The van der Waals surface area contributed by atoms with E-state index >= 15 is 0 Å². The predicted molar refractivity (Wildman–Crippen MR) is 68.7 cm³/mol. The third kappa shape index (κ3) is 3.56. The third-order valence-electron chi connectivity index (χ3n) is 2.96. The summed E-state index contributed by atoms with van der Waals surface area (Å²) in [4.78, 5) is 11.8. The van der Waals surface area contributed by atoms with E-state index < -0.39 is 6.04 Å². The van der Waals surface area contributed by atoms with Crippen molar-refractivity contribution >= 4 is 11.6 Å². The Kier molecular flexibility index (Phi) is 4.69. The molecule has 1 aromatic heterocycles. The summed E-state index contributed by atoms with van der Waals surface area (Å²) in [6.45, 7) is 8.06. The number of carbonyl (C=O) groups is 1. The van der Waals surface area contributed by atoms with Crippen LogP contribution < -0.4 is 11.1 Å². The lowest BCUT2D eigenvalue weighted by molar-refractivity contribution is -0.118. The highest BCUT2D eigenvalue weighted by Gasteiger charge is 2.19. The number of aromatic nitrogens is 2. The van der Waals surface area contributed by atoms with Gasteiger partial charge in [0, 0.05) is 12.2 Å². The van der Waals surface area contributed by atoms with Crippen LogP contribution in [0.5, 0.6) is 0 Å². The van der Waals surface area contributed by atoms with Crippen molar-refractivity contribution in [3.05, 3.63) is 12.4 Å². The zero-order chi connectivity index (χ0) is 13.0. The molecule has 3 N–H and O–H groups in total. The molecule has 0 radical (unpaired) electrons. The van der Waals surface area contributed by atoms with Crippen LogP contribution in [-0.2, 0) is 4.79 Å². The number of carbonyl (C=O) groups excluding carboxylic acids is 1. The summed E-state index contributed by atoms with van der Waals surface area (Å²) in [5.41, 5.74) is 6.54. The van der Waals surface area contributed by atoms with Crippen molar-refractivity contribution in [2.75, 3.05) is 5.32 Å². The molecule has 0 spiro atoms. The largest absolute Gasteiger partial charge is 0.322 e. The van der Waals surface area contributed by atoms with Crippen LogP contribution in [0.3, 0.4) is 0 Å². The van der Waals surface area contributed by atoms with Crippen LogP contribution in [0.25, 0.3) is 0 Å². The minimum absolute atomic E-state index is 0.150. The normalized spacial score (nSPS) is 14.7. The number of hydrogen-bond acceptors (Lipinski definition) is 3. The molecule has 1 rings (SSSR count). The topological polar surface area (TPSA) is 72.9 Å². The lowest BCUT2D eigenvalue weighted by Gasteiger charge is -2.16. The monoisotopic (exact) mass is 238 g/mol. The van der Waals surface area contributed by atoms with Gasteiger partial charge in [-0.1, -0.05) is 20.3 Å². The Morgan fingerprint density at radius 3 is 2.65 bits per heavy atom. The summed E-state index contributed by atoms with van der Waals surface area (Å²) in [5, 5.41) is 6.94. The van der Waals surface area contributed by atoms with Crippen molar-refractivity contribution in [1.29, 1.82) is 0 Å². The molecule has 0 aliphatic heterocycles.